The molecule has 0 saturated carbocycles. The van der Waals surface area contributed by atoms with Crippen molar-refractivity contribution in [3.63, 3.8) is 0 Å². The quantitative estimate of drug-likeness (QED) is 0.609. The first-order chi connectivity index (χ1) is 16.3. The molecule has 178 valence electrons. The Labute approximate surface area is 200 Å². The van der Waals surface area contributed by atoms with E-state index in [9.17, 15) is 9.59 Å². The number of hydrogen-bond acceptors (Lipinski definition) is 6. The second-order valence-electron chi connectivity index (χ2n) is 8.99. The second-order valence-corrected chi connectivity index (χ2v) is 8.99. The van der Waals surface area contributed by atoms with Crippen LogP contribution in [0.15, 0.2) is 71.1 Å². The summed E-state index contributed by atoms with van der Waals surface area (Å²) in [7, 11) is 3.17. The van der Waals surface area contributed by atoms with E-state index in [1.807, 2.05) is 45.0 Å². The van der Waals surface area contributed by atoms with E-state index in [1.54, 1.807) is 26.4 Å². The zero-order valence-corrected chi connectivity index (χ0v) is 20.3. The summed E-state index contributed by atoms with van der Waals surface area (Å²) in [6, 6.07) is 15.5. The third-order valence-electron chi connectivity index (χ3n) is 6.41. The fraction of sp³-hybridized carbons (Fsp3) is 0.357. The van der Waals surface area contributed by atoms with Gasteiger partial charge in [-0.25, -0.2) is 4.79 Å². The Morgan fingerprint density at radius 1 is 1.03 bits per heavy atom. The second kappa shape index (κ2) is 9.75. The van der Waals surface area contributed by atoms with E-state index >= 15 is 0 Å². The van der Waals surface area contributed by atoms with Gasteiger partial charge >= 0.3 is 5.97 Å². The van der Waals surface area contributed by atoms with Gasteiger partial charge in [0.25, 0.3) is 0 Å². The molecule has 2 aromatic carbocycles. The number of ether oxygens (including phenoxy) is 3. The van der Waals surface area contributed by atoms with Crippen LogP contribution in [0, 0.1) is 0 Å². The molecular weight excluding hydrogens is 430 g/mol. The van der Waals surface area contributed by atoms with Crippen LogP contribution in [0.4, 0.5) is 0 Å². The molecule has 0 saturated heterocycles. The largest absolute Gasteiger partial charge is 0.497 e. The molecule has 1 heterocycles. The van der Waals surface area contributed by atoms with E-state index in [0.717, 1.165) is 11.3 Å². The molecule has 1 aliphatic heterocycles. The van der Waals surface area contributed by atoms with Crippen LogP contribution < -0.4 is 14.8 Å². The predicted molar refractivity (Wildman–Crippen MR) is 130 cm³/mol. The molecule has 0 radical (unpaired) electrons. The van der Waals surface area contributed by atoms with Crippen LogP contribution in [0.1, 0.15) is 56.6 Å². The van der Waals surface area contributed by atoms with Gasteiger partial charge in [-0.2, -0.15) is 0 Å². The molecule has 0 fully saturated rings. The van der Waals surface area contributed by atoms with Crippen LogP contribution in [0.3, 0.4) is 0 Å². The molecular formula is C28H31NO5. The lowest BCUT2D eigenvalue weighted by Gasteiger charge is -2.37. The van der Waals surface area contributed by atoms with Crippen LogP contribution in [0.25, 0.3) is 0 Å². The van der Waals surface area contributed by atoms with E-state index in [0.29, 0.717) is 46.7 Å². The molecule has 0 spiro atoms. The molecule has 0 bridgehead atoms. The minimum absolute atomic E-state index is 0.0137. The van der Waals surface area contributed by atoms with E-state index in [2.05, 4.69) is 17.4 Å². The van der Waals surface area contributed by atoms with Crippen molar-refractivity contribution in [1.29, 1.82) is 0 Å². The molecule has 1 N–H and O–H groups in total. The number of ketones is 1. The number of carbonyl (C=O) groups excluding carboxylic acids is 2. The van der Waals surface area contributed by atoms with Crippen molar-refractivity contribution in [1.82, 2.24) is 5.32 Å². The van der Waals surface area contributed by atoms with Crippen molar-refractivity contribution in [3.05, 3.63) is 82.2 Å². The standard InChI is InChI=1S/C28H31NO5/c1-16(2)34-28(31)25-17(3)29-22-13-19(18-9-7-6-8-10-18)14-23(30)27(22)26(25)21-15-20(32-4)11-12-24(21)33-5/h6-12,15-16,19,26,29H,13-14H2,1-5H3/t19-,26+/m0/s1. The first-order valence-electron chi connectivity index (χ1n) is 11.6. The van der Waals surface area contributed by atoms with Crippen molar-refractivity contribution in [2.75, 3.05) is 14.2 Å². The number of Topliss-reactive ketones (excluding diaryl/α,β-unsaturated/α-hetero) is 1. The third kappa shape index (κ3) is 4.45. The average molecular weight is 462 g/mol. The summed E-state index contributed by atoms with van der Waals surface area (Å²) in [5, 5.41) is 3.38. The monoisotopic (exact) mass is 461 g/mol. The van der Waals surface area contributed by atoms with Crippen molar-refractivity contribution < 1.29 is 23.8 Å². The van der Waals surface area contributed by atoms with E-state index in [-0.39, 0.29) is 17.8 Å². The summed E-state index contributed by atoms with van der Waals surface area (Å²) in [5.41, 5.74) is 4.38. The van der Waals surface area contributed by atoms with Gasteiger partial charge in [0.2, 0.25) is 0 Å². The maximum atomic E-state index is 13.7. The fourth-order valence-corrected chi connectivity index (χ4v) is 4.92. The first kappa shape index (κ1) is 23.6. The van der Waals surface area contributed by atoms with Crippen molar-refractivity contribution in [2.24, 2.45) is 0 Å². The molecule has 0 aromatic heterocycles. The number of dihydropyridines is 1. The normalized spacial score (nSPS) is 20.1. The number of methoxy groups -OCH3 is 2. The number of nitrogens with one attached hydrogen (secondary N) is 1. The molecule has 1 aliphatic carbocycles. The Morgan fingerprint density at radius 2 is 1.76 bits per heavy atom. The summed E-state index contributed by atoms with van der Waals surface area (Å²) in [5.74, 6) is 0.233. The summed E-state index contributed by atoms with van der Waals surface area (Å²) in [6.07, 6.45) is 0.761. The van der Waals surface area contributed by atoms with Gasteiger partial charge in [-0.05, 0) is 56.9 Å². The number of hydrogen-bond donors (Lipinski definition) is 1. The van der Waals surface area contributed by atoms with Gasteiger partial charge in [0.05, 0.1) is 31.8 Å². The summed E-state index contributed by atoms with van der Waals surface area (Å²) >= 11 is 0. The molecule has 34 heavy (non-hydrogen) atoms. The molecule has 6 nitrogen and oxygen atoms in total. The Kier molecular flexibility index (Phi) is 6.77. The van der Waals surface area contributed by atoms with E-state index < -0.39 is 11.9 Å². The Hall–Kier alpha value is -3.54. The molecule has 6 heteroatoms. The van der Waals surface area contributed by atoms with Crippen LogP contribution in [-0.4, -0.2) is 32.1 Å². The number of rotatable bonds is 6. The maximum Gasteiger partial charge on any atom is 0.337 e. The smallest absolute Gasteiger partial charge is 0.337 e. The van der Waals surface area contributed by atoms with Gasteiger partial charge in [-0.1, -0.05) is 30.3 Å². The first-order valence-corrected chi connectivity index (χ1v) is 11.6. The van der Waals surface area contributed by atoms with E-state index in [4.69, 9.17) is 14.2 Å². The molecule has 2 aliphatic rings. The lowest BCUT2D eigenvalue weighted by atomic mass is 9.71. The minimum Gasteiger partial charge on any atom is -0.497 e. The molecule has 4 rings (SSSR count). The number of allylic oxidation sites excluding steroid dienone is 3. The van der Waals surface area contributed by atoms with Crippen LogP contribution in [-0.2, 0) is 14.3 Å². The lowest BCUT2D eigenvalue weighted by molar-refractivity contribution is -0.143. The van der Waals surface area contributed by atoms with Gasteiger partial charge < -0.3 is 19.5 Å². The Bertz CT molecular complexity index is 1160. The average Bonchev–Trinajstić information content (AvgIpc) is 2.82. The highest BCUT2D eigenvalue weighted by Gasteiger charge is 2.42. The predicted octanol–water partition coefficient (Wildman–Crippen LogP) is 5.02. The summed E-state index contributed by atoms with van der Waals surface area (Å²) < 4.78 is 16.7. The summed E-state index contributed by atoms with van der Waals surface area (Å²) in [6.45, 7) is 5.48. The number of carbonyl (C=O) groups is 2. The molecule has 2 atom stereocenters. The highest BCUT2D eigenvalue weighted by Crippen LogP contribution is 2.48. The van der Waals surface area contributed by atoms with Crippen molar-refractivity contribution in [3.8, 4) is 11.5 Å². The van der Waals surface area contributed by atoms with Crippen molar-refractivity contribution >= 4 is 11.8 Å². The Balaban J connectivity index is 1.87. The van der Waals surface area contributed by atoms with Gasteiger partial charge in [-0.15, -0.1) is 0 Å². The fourth-order valence-electron chi connectivity index (χ4n) is 4.92. The topological polar surface area (TPSA) is 73.9 Å². The highest BCUT2D eigenvalue weighted by molar-refractivity contribution is 6.04. The molecule has 2 aromatic rings. The van der Waals surface area contributed by atoms with Crippen LogP contribution in [0.5, 0.6) is 11.5 Å². The number of benzene rings is 2. The number of esters is 1. The van der Waals surface area contributed by atoms with Gasteiger partial charge in [-0.3, -0.25) is 4.79 Å². The van der Waals surface area contributed by atoms with E-state index in [1.165, 1.54) is 0 Å². The molecule has 0 amide bonds. The highest BCUT2D eigenvalue weighted by atomic mass is 16.5. The third-order valence-corrected chi connectivity index (χ3v) is 6.41. The minimum atomic E-state index is -0.614. The zero-order valence-electron chi connectivity index (χ0n) is 20.3. The summed E-state index contributed by atoms with van der Waals surface area (Å²) in [4.78, 5) is 27.0. The lowest BCUT2D eigenvalue weighted by Crippen LogP contribution is -2.36. The van der Waals surface area contributed by atoms with Crippen LogP contribution >= 0.6 is 0 Å². The molecule has 0 unspecified atom stereocenters. The van der Waals surface area contributed by atoms with Crippen LogP contribution in [0.2, 0.25) is 0 Å². The van der Waals surface area contributed by atoms with Gasteiger partial charge in [0, 0.05) is 29.0 Å². The van der Waals surface area contributed by atoms with Gasteiger partial charge in [0.15, 0.2) is 5.78 Å². The SMILES string of the molecule is COc1ccc(OC)c([C@@H]2C(C(=O)OC(C)C)=C(C)NC3=C2C(=O)C[C@@H](c2ccccc2)C3)c1. The van der Waals surface area contributed by atoms with Gasteiger partial charge in [0.1, 0.15) is 11.5 Å². The van der Waals surface area contributed by atoms with Crippen molar-refractivity contribution in [2.45, 2.75) is 51.6 Å². The maximum absolute atomic E-state index is 13.7. The Morgan fingerprint density at radius 3 is 2.41 bits per heavy atom. The zero-order chi connectivity index (χ0) is 24.4.